The molecule has 2 N–H and O–H groups in total. The Hall–Kier alpha value is -2.57. The fourth-order valence-corrected chi connectivity index (χ4v) is 4.95. The molecule has 1 atom stereocenters. The van der Waals surface area contributed by atoms with Gasteiger partial charge in [0.25, 0.3) is 0 Å². The van der Waals surface area contributed by atoms with Gasteiger partial charge >= 0.3 is 0 Å². The SMILES string of the molecule is COc1ccccc1C(N)(CCCN1CCN(c2nc3ccccc3n2C)CC1)C(C)C. The highest BCUT2D eigenvalue weighted by Crippen LogP contribution is 2.37. The minimum absolute atomic E-state index is 0.327. The Morgan fingerprint density at radius 1 is 1.03 bits per heavy atom. The molecular formula is C26H37N5O. The predicted octanol–water partition coefficient (Wildman–Crippen LogP) is 3.99. The van der Waals surface area contributed by atoms with Crippen LogP contribution in [0.25, 0.3) is 11.0 Å². The fraction of sp³-hybridized carbons (Fsp3) is 0.500. The van der Waals surface area contributed by atoms with Crippen LogP contribution in [0.1, 0.15) is 32.3 Å². The number of piperazine rings is 1. The van der Waals surface area contributed by atoms with Crippen LogP contribution in [0.3, 0.4) is 0 Å². The van der Waals surface area contributed by atoms with Crippen LogP contribution in [-0.2, 0) is 12.6 Å². The summed E-state index contributed by atoms with van der Waals surface area (Å²) in [5.74, 6) is 2.29. The van der Waals surface area contributed by atoms with Crippen LogP contribution in [0, 0.1) is 5.92 Å². The summed E-state index contributed by atoms with van der Waals surface area (Å²) >= 11 is 0. The number of imidazole rings is 1. The van der Waals surface area contributed by atoms with E-state index in [4.69, 9.17) is 15.5 Å². The van der Waals surface area contributed by atoms with Crippen LogP contribution >= 0.6 is 0 Å². The molecule has 6 nitrogen and oxygen atoms in total. The van der Waals surface area contributed by atoms with Crippen molar-refractivity contribution < 1.29 is 4.74 Å². The Bertz CT molecular complexity index is 1040. The average molecular weight is 436 g/mol. The average Bonchev–Trinajstić information content (AvgIpc) is 3.16. The van der Waals surface area contributed by atoms with Crippen LogP contribution in [0.2, 0.25) is 0 Å². The van der Waals surface area contributed by atoms with Crippen molar-refractivity contribution in [2.75, 3.05) is 44.7 Å². The van der Waals surface area contributed by atoms with Crippen molar-refractivity contribution in [3.05, 3.63) is 54.1 Å². The van der Waals surface area contributed by atoms with Gasteiger partial charge in [0.2, 0.25) is 5.95 Å². The number of nitrogens with two attached hydrogens (primary N) is 1. The molecule has 1 aromatic heterocycles. The van der Waals surface area contributed by atoms with Crippen molar-refractivity contribution in [2.45, 2.75) is 32.2 Å². The number of aromatic nitrogens is 2. The van der Waals surface area contributed by atoms with Crippen LogP contribution in [0.5, 0.6) is 5.75 Å². The standard InChI is InChI=1S/C26H37N5O/c1-20(2)26(27,21-10-5-8-13-24(21)32-4)14-9-15-30-16-18-31(19-17-30)25-28-22-11-6-7-12-23(22)29(25)3/h5-8,10-13,20H,9,14-19,27H2,1-4H3. The summed E-state index contributed by atoms with van der Waals surface area (Å²) in [6.07, 6.45) is 2.01. The van der Waals surface area contributed by atoms with E-state index < -0.39 is 0 Å². The highest BCUT2D eigenvalue weighted by Gasteiger charge is 2.33. The molecule has 172 valence electrons. The van der Waals surface area contributed by atoms with Gasteiger partial charge in [-0.25, -0.2) is 4.98 Å². The second-order valence-electron chi connectivity index (χ2n) is 9.29. The summed E-state index contributed by atoms with van der Waals surface area (Å²) in [6.45, 7) is 9.60. The minimum Gasteiger partial charge on any atom is -0.496 e. The van der Waals surface area contributed by atoms with E-state index in [0.717, 1.165) is 68.3 Å². The quantitative estimate of drug-likeness (QED) is 0.580. The molecule has 1 aliphatic heterocycles. The zero-order chi connectivity index (χ0) is 22.7. The molecule has 3 aromatic rings. The number of para-hydroxylation sites is 3. The molecule has 1 saturated heterocycles. The first-order valence-electron chi connectivity index (χ1n) is 11.7. The van der Waals surface area contributed by atoms with Gasteiger partial charge in [-0.05, 0) is 43.5 Å². The van der Waals surface area contributed by atoms with E-state index in [1.54, 1.807) is 7.11 Å². The lowest BCUT2D eigenvalue weighted by atomic mass is 9.77. The predicted molar refractivity (Wildman–Crippen MR) is 132 cm³/mol. The Morgan fingerprint density at radius 3 is 2.41 bits per heavy atom. The molecule has 32 heavy (non-hydrogen) atoms. The van der Waals surface area contributed by atoms with Gasteiger partial charge < -0.3 is 19.9 Å². The number of methoxy groups -OCH3 is 1. The lowest BCUT2D eigenvalue weighted by Gasteiger charge is -2.38. The maximum absolute atomic E-state index is 6.99. The summed E-state index contributed by atoms with van der Waals surface area (Å²) in [4.78, 5) is 9.83. The van der Waals surface area contributed by atoms with Crippen molar-refractivity contribution in [3.8, 4) is 5.75 Å². The number of nitrogens with zero attached hydrogens (tertiary/aromatic N) is 4. The molecule has 0 radical (unpaired) electrons. The zero-order valence-corrected chi connectivity index (χ0v) is 19.9. The molecule has 0 spiro atoms. The van der Waals surface area contributed by atoms with Gasteiger partial charge in [-0.15, -0.1) is 0 Å². The van der Waals surface area contributed by atoms with E-state index in [0.29, 0.717) is 5.92 Å². The normalized spacial score (nSPS) is 17.1. The third-order valence-electron chi connectivity index (χ3n) is 7.12. The van der Waals surface area contributed by atoms with Gasteiger partial charge in [0.15, 0.2) is 0 Å². The largest absolute Gasteiger partial charge is 0.496 e. The van der Waals surface area contributed by atoms with Crippen molar-refractivity contribution in [3.63, 3.8) is 0 Å². The number of anilines is 1. The van der Waals surface area contributed by atoms with Crippen molar-refractivity contribution in [1.82, 2.24) is 14.5 Å². The van der Waals surface area contributed by atoms with E-state index in [1.807, 2.05) is 12.1 Å². The fourth-order valence-electron chi connectivity index (χ4n) is 4.95. The van der Waals surface area contributed by atoms with Gasteiger partial charge in [0, 0.05) is 44.3 Å². The second kappa shape index (κ2) is 9.51. The molecule has 2 aromatic carbocycles. The smallest absolute Gasteiger partial charge is 0.206 e. The molecule has 0 saturated carbocycles. The Labute approximate surface area is 192 Å². The molecule has 1 unspecified atom stereocenters. The lowest BCUT2D eigenvalue weighted by molar-refractivity contribution is 0.220. The van der Waals surface area contributed by atoms with Crippen LogP contribution in [0.15, 0.2) is 48.5 Å². The molecule has 1 aliphatic rings. The van der Waals surface area contributed by atoms with Crippen molar-refractivity contribution in [1.29, 1.82) is 0 Å². The number of hydrogen-bond acceptors (Lipinski definition) is 5. The van der Waals surface area contributed by atoms with Gasteiger partial charge in [-0.2, -0.15) is 0 Å². The number of rotatable bonds is 8. The summed E-state index contributed by atoms with van der Waals surface area (Å²) in [5, 5.41) is 0. The van der Waals surface area contributed by atoms with E-state index in [2.05, 4.69) is 71.7 Å². The maximum atomic E-state index is 6.99. The molecule has 0 aliphatic carbocycles. The number of benzene rings is 2. The third kappa shape index (κ3) is 4.34. The second-order valence-corrected chi connectivity index (χ2v) is 9.29. The lowest BCUT2D eigenvalue weighted by Crippen LogP contribution is -2.48. The highest BCUT2D eigenvalue weighted by atomic mass is 16.5. The van der Waals surface area contributed by atoms with E-state index in [9.17, 15) is 0 Å². The van der Waals surface area contributed by atoms with Gasteiger partial charge in [-0.1, -0.05) is 44.2 Å². The number of ether oxygens (including phenoxy) is 1. The molecule has 6 heteroatoms. The van der Waals surface area contributed by atoms with Crippen molar-refractivity contribution in [2.24, 2.45) is 18.7 Å². The Morgan fingerprint density at radius 2 is 1.72 bits per heavy atom. The van der Waals surface area contributed by atoms with Crippen LogP contribution < -0.4 is 15.4 Å². The molecular weight excluding hydrogens is 398 g/mol. The Balaban J connectivity index is 1.34. The number of aryl methyl sites for hydroxylation is 1. The number of hydrogen-bond donors (Lipinski definition) is 1. The minimum atomic E-state index is -0.387. The number of fused-ring (bicyclic) bond motifs is 1. The highest BCUT2D eigenvalue weighted by molar-refractivity contribution is 5.78. The topological polar surface area (TPSA) is 59.6 Å². The van der Waals surface area contributed by atoms with Crippen LogP contribution in [0.4, 0.5) is 5.95 Å². The third-order valence-corrected chi connectivity index (χ3v) is 7.12. The van der Waals surface area contributed by atoms with Crippen molar-refractivity contribution >= 4 is 17.0 Å². The van der Waals surface area contributed by atoms with Gasteiger partial charge in [0.1, 0.15) is 5.75 Å². The molecule has 4 rings (SSSR count). The maximum Gasteiger partial charge on any atom is 0.206 e. The summed E-state index contributed by atoms with van der Waals surface area (Å²) in [5.41, 5.74) is 9.97. The molecule has 0 amide bonds. The summed E-state index contributed by atoms with van der Waals surface area (Å²) in [6, 6.07) is 16.5. The first kappa shape index (κ1) is 22.6. The summed E-state index contributed by atoms with van der Waals surface area (Å²) in [7, 11) is 3.84. The van der Waals surface area contributed by atoms with Crippen LogP contribution in [-0.4, -0.2) is 54.3 Å². The zero-order valence-electron chi connectivity index (χ0n) is 19.9. The van der Waals surface area contributed by atoms with E-state index >= 15 is 0 Å². The molecule has 1 fully saturated rings. The van der Waals surface area contributed by atoms with Gasteiger partial charge in [0.05, 0.1) is 18.1 Å². The molecule has 0 bridgehead atoms. The van der Waals surface area contributed by atoms with E-state index in [-0.39, 0.29) is 5.54 Å². The monoisotopic (exact) mass is 435 g/mol. The summed E-state index contributed by atoms with van der Waals surface area (Å²) < 4.78 is 7.83. The first-order chi connectivity index (χ1) is 15.4. The molecule has 2 heterocycles. The van der Waals surface area contributed by atoms with Gasteiger partial charge in [-0.3, -0.25) is 4.90 Å². The van der Waals surface area contributed by atoms with E-state index in [1.165, 1.54) is 5.52 Å². The first-order valence-corrected chi connectivity index (χ1v) is 11.7. The Kier molecular flexibility index (Phi) is 6.72.